The first-order chi connectivity index (χ1) is 7.58. The van der Waals surface area contributed by atoms with Gasteiger partial charge in [0.15, 0.2) is 0 Å². The fourth-order valence-corrected chi connectivity index (χ4v) is 1.57. The number of carbonyl (C=O) groups is 1. The summed E-state index contributed by atoms with van der Waals surface area (Å²) in [5.74, 6) is 0.269. The number of nitrogens with zero attached hydrogens (tertiary/aromatic N) is 2. The summed E-state index contributed by atoms with van der Waals surface area (Å²) in [6, 6.07) is 3.17. The van der Waals surface area contributed by atoms with E-state index < -0.39 is 5.97 Å². The van der Waals surface area contributed by atoms with Gasteiger partial charge in [0.1, 0.15) is 11.0 Å². The van der Waals surface area contributed by atoms with E-state index in [1.54, 1.807) is 6.07 Å². The Hall–Kier alpha value is -1.29. The van der Waals surface area contributed by atoms with Crippen LogP contribution in [0.5, 0.6) is 0 Å². The minimum atomic E-state index is -0.407. The van der Waals surface area contributed by atoms with E-state index >= 15 is 0 Å². The van der Waals surface area contributed by atoms with E-state index in [0.29, 0.717) is 16.5 Å². The van der Waals surface area contributed by atoms with Crippen LogP contribution in [-0.2, 0) is 4.74 Å². The Balaban J connectivity index is 3.02. The summed E-state index contributed by atoms with van der Waals surface area (Å²) in [4.78, 5) is 17.5. The van der Waals surface area contributed by atoms with Crippen LogP contribution < -0.4 is 4.90 Å². The molecule has 0 saturated carbocycles. The predicted octanol–water partition coefficient (Wildman–Crippen LogP) is 2.37. The van der Waals surface area contributed by atoms with Crippen molar-refractivity contribution in [3.63, 3.8) is 0 Å². The molecule has 0 aliphatic carbocycles. The number of hydrogen-bond acceptors (Lipinski definition) is 4. The normalized spacial score (nSPS) is 10.0. The molecule has 0 saturated heterocycles. The van der Waals surface area contributed by atoms with E-state index in [-0.39, 0.29) is 0 Å². The van der Waals surface area contributed by atoms with Gasteiger partial charge in [-0.3, -0.25) is 0 Å². The summed E-state index contributed by atoms with van der Waals surface area (Å²) >= 11 is 5.85. The third kappa shape index (κ3) is 3.10. The number of halogens is 1. The zero-order valence-electron chi connectivity index (χ0n) is 9.66. The fourth-order valence-electron chi connectivity index (χ4n) is 1.36. The van der Waals surface area contributed by atoms with Gasteiger partial charge in [-0.2, -0.15) is 0 Å². The summed E-state index contributed by atoms with van der Waals surface area (Å²) in [6.45, 7) is 2.93. The zero-order chi connectivity index (χ0) is 12.1. The first-order valence-electron chi connectivity index (χ1n) is 5.05. The number of carbonyl (C=O) groups excluding carboxylic acids is 1. The maximum absolute atomic E-state index is 11.4. The third-order valence-corrected chi connectivity index (χ3v) is 2.35. The quantitative estimate of drug-likeness (QED) is 0.601. The Morgan fingerprint density at radius 1 is 1.56 bits per heavy atom. The second-order valence-electron chi connectivity index (χ2n) is 3.45. The molecule has 0 aliphatic rings. The molecule has 0 radical (unpaired) electrons. The summed E-state index contributed by atoms with van der Waals surface area (Å²) in [7, 11) is 3.25. The minimum absolute atomic E-state index is 0.292. The van der Waals surface area contributed by atoms with Gasteiger partial charge in [0, 0.05) is 13.6 Å². The van der Waals surface area contributed by atoms with E-state index in [2.05, 4.69) is 16.6 Å². The van der Waals surface area contributed by atoms with Gasteiger partial charge < -0.3 is 9.64 Å². The molecule has 5 heteroatoms. The molecule has 1 rings (SSSR count). The Kier molecular flexibility index (Phi) is 4.55. The van der Waals surface area contributed by atoms with Crippen molar-refractivity contribution in [2.24, 2.45) is 0 Å². The highest BCUT2D eigenvalue weighted by Crippen LogP contribution is 2.18. The Morgan fingerprint density at radius 3 is 2.81 bits per heavy atom. The van der Waals surface area contributed by atoms with Crippen LogP contribution in [0.15, 0.2) is 12.1 Å². The fraction of sp³-hybridized carbons (Fsp3) is 0.455. The number of ether oxygens (including phenoxy) is 1. The van der Waals surface area contributed by atoms with Crippen molar-refractivity contribution < 1.29 is 9.53 Å². The van der Waals surface area contributed by atoms with Gasteiger partial charge >= 0.3 is 5.97 Å². The molecule has 88 valence electrons. The standard InChI is InChI=1S/C11H15ClN2O2/c1-4-5-14(2)10-7-8(11(15)16-3)6-9(12)13-10/h6-7H,4-5H2,1-3H3. The van der Waals surface area contributed by atoms with Crippen molar-refractivity contribution in [3.05, 3.63) is 22.8 Å². The van der Waals surface area contributed by atoms with E-state index in [1.165, 1.54) is 13.2 Å². The van der Waals surface area contributed by atoms with Crippen molar-refractivity contribution in [2.75, 3.05) is 25.6 Å². The number of aromatic nitrogens is 1. The van der Waals surface area contributed by atoms with Gasteiger partial charge in [-0.15, -0.1) is 0 Å². The van der Waals surface area contributed by atoms with Crippen LogP contribution in [0, 0.1) is 0 Å². The zero-order valence-corrected chi connectivity index (χ0v) is 10.4. The predicted molar refractivity (Wildman–Crippen MR) is 64.1 cm³/mol. The van der Waals surface area contributed by atoms with Gasteiger partial charge in [-0.25, -0.2) is 9.78 Å². The Morgan fingerprint density at radius 2 is 2.25 bits per heavy atom. The van der Waals surface area contributed by atoms with Crippen molar-refractivity contribution in [1.82, 2.24) is 4.98 Å². The Labute approximate surface area is 100 Å². The average Bonchev–Trinajstić information content (AvgIpc) is 2.27. The highest BCUT2D eigenvalue weighted by molar-refractivity contribution is 6.29. The molecule has 0 N–H and O–H groups in total. The smallest absolute Gasteiger partial charge is 0.338 e. The van der Waals surface area contributed by atoms with Crippen LogP contribution in [0.1, 0.15) is 23.7 Å². The van der Waals surface area contributed by atoms with Crippen molar-refractivity contribution in [1.29, 1.82) is 0 Å². The lowest BCUT2D eigenvalue weighted by molar-refractivity contribution is 0.0600. The number of rotatable bonds is 4. The molecule has 4 nitrogen and oxygen atoms in total. The van der Waals surface area contributed by atoms with Gasteiger partial charge in [-0.1, -0.05) is 18.5 Å². The van der Waals surface area contributed by atoms with E-state index in [4.69, 9.17) is 11.6 Å². The van der Waals surface area contributed by atoms with Crippen molar-refractivity contribution in [2.45, 2.75) is 13.3 Å². The number of esters is 1. The topological polar surface area (TPSA) is 42.4 Å². The molecule has 1 heterocycles. The van der Waals surface area contributed by atoms with Crippen LogP contribution in [0.25, 0.3) is 0 Å². The van der Waals surface area contributed by atoms with Gasteiger partial charge in [0.2, 0.25) is 0 Å². The van der Waals surface area contributed by atoms with Crippen molar-refractivity contribution >= 4 is 23.4 Å². The summed E-state index contributed by atoms with van der Waals surface area (Å²) in [5, 5.41) is 0.292. The van der Waals surface area contributed by atoms with Gasteiger partial charge in [0.25, 0.3) is 0 Å². The molecule has 1 aromatic heterocycles. The monoisotopic (exact) mass is 242 g/mol. The maximum atomic E-state index is 11.4. The first kappa shape index (κ1) is 12.8. The summed E-state index contributed by atoms with van der Waals surface area (Å²) in [6.07, 6.45) is 0.998. The lowest BCUT2D eigenvalue weighted by Gasteiger charge is -2.17. The molecule has 1 aromatic rings. The number of hydrogen-bond donors (Lipinski definition) is 0. The first-order valence-corrected chi connectivity index (χ1v) is 5.43. The molecule has 0 spiro atoms. The molecular weight excluding hydrogens is 228 g/mol. The van der Waals surface area contributed by atoms with Crippen LogP contribution >= 0.6 is 11.6 Å². The second kappa shape index (κ2) is 5.70. The molecule has 0 bridgehead atoms. The molecular formula is C11H15ClN2O2. The molecule has 0 fully saturated rings. The minimum Gasteiger partial charge on any atom is -0.465 e. The molecule has 0 amide bonds. The molecule has 0 atom stereocenters. The SMILES string of the molecule is CCCN(C)c1cc(C(=O)OC)cc(Cl)n1. The van der Waals surface area contributed by atoms with E-state index in [1.807, 2.05) is 11.9 Å². The lowest BCUT2D eigenvalue weighted by Crippen LogP contribution is -2.19. The van der Waals surface area contributed by atoms with Crippen molar-refractivity contribution in [3.8, 4) is 0 Å². The van der Waals surface area contributed by atoms with Gasteiger partial charge in [-0.05, 0) is 18.6 Å². The van der Waals surface area contributed by atoms with Crippen LogP contribution in [0.2, 0.25) is 5.15 Å². The van der Waals surface area contributed by atoms with E-state index in [0.717, 1.165) is 13.0 Å². The summed E-state index contributed by atoms with van der Waals surface area (Å²) < 4.78 is 4.64. The van der Waals surface area contributed by atoms with Crippen LogP contribution in [0.3, 0.4) is 0 Å². The van der Waals surface area contributed by atoms with Crippen LogP contribution in [0.4, 0.5) is 5.82 Å². The van der Waals surface area contributed by atoms with Gasteiger partial charge in [0.05, 0.1) is 12.7 Å². The molecule has 0 unspecified atom stereocenters. The maximum Gasteiger partial charge on any atom is 0.338 e. The number of anilines is 1. The third-order valence-electron chi connectivity index (χ3n) is 2.15. The highest BCUT2D eigenvalue weighted by Gasteiger charge is 2.11. The largest absolute Gasteiger partial charge is 0.465 e. The second-order valence-corrected chi connectivity index (χ2v) is 3.84. The number of pyridine rings is 1. The lowest BCUT2D eigenvalue weighted by atomic mass is 10.2. The summed E-state index contributed by atoms with van der Waals surface area (Å²) in [5.41, 5.74) is 0.417. The van der Waals surface area contributed by atoms with E-state index in [9.17, 15) is 4.79 Å². The average molecular weight is 243 g/mol. The molecule has 16 heavy (non-hydrogen) atoms. The molecule has 0 aromatic carbocycles. The highest BCUT2D eigenvalue weighted by atomic mass is 35.5. The Bertz CT molecular complexity index is 382. The molecule has 0 aliphatic heterocycles. The number of methoxy groups -OCH3 is 1. The van der Waals surface area contributed by atoms with Crippen LogP contribution in [-0.4, -0.2) is 31.7 Å².